The van der Waals surface area contributed by atoms with Crippen LogP contribution in [0.4, 0.5) is 5.69 Å². The summed E-state index contributed by atoms with van der Waals surface area (Å²) in [6, 6.07) is 16.0. The summed E-state index contributed by atoms with van der Waals surface area (Å²) in [7, 11) is 0. The fraction of sp³-hybridized carbons (Fsp3) is 0.263. The van der Waals surface area contributed by atoms with Gasteiger partial charge >= 0.3 is 0 Å². The predicted octanol–water partition coefficient (Wildman–Crippen LogP) is 0.975. The van der Waals surface area contributed by atoms with E-state index >= 15 is 0 Å². The van der Waals surface area contributed by atoms with Crippen molar-refractivity contribution >= 4 is 17.5 Å². The second-order valence-corrected chi connectivity index (χ2v) is 6.12. The number of hydrogen-bond acceptors (Lipinski definition) is 5. The molecule has 0 saturated carbocycles. The highest BCUT2D eigenvalue weighted by Crippen LogP contribution is 2.27. The topological polar surface area (TPSA) is 84.9 Å². The van der Waals surface area contributed by atoms with Gasteiger partial charge in [0.05, 0.1) is 12.2 Å². The van der Waals surface area contributed by atoms with E-state index < -0.39 is 0 Å². The number of para-hydroxylation sites is 2. The zero-order valence-electron chi connectivity index (χ0n) is 14.4. The minimum absolute atomic E-state index is 0.212. The second-order valence-electron chi connectivity index (χ2n) is 6.12. The number of phenolic OH excluding ortho intramolecular Hbond substituents is 1. The van der Waals surface area contributed by atoms with E-state index in [1.165, 1.54) is 0 Å². The number of hydrazine groups is 1. The van der Waals surface area contributed by atoms with Gasteiger partial charge in [-0.15, -0.1) is 0 Å². The Morgan fingerprint density at radius 2 is 1.54 bits per heavy atom. The molecule has 0 bridgehead atoms. The summed E-state index contributed by atoms with van der Waals surface area (Å²) >= 11 is 0. The molecule has 136 valence electrons. The van der Waals surface area contributed by atoms with Crippen molar-refractivity contribution in [3.8, 4) is 5.75 Å². The van der Waals surface area contributed by atoms with Gasteiger partial charge in [0.2, 0.25) is 0 Å². The van der Waals surface area contributed by atoms with Crippen molar-refractivity contribution in [1.82, 2.24) is 15.8 Å². The molecule has 26 heavy (non-hydrogen) atoms. The van der Waals surface area contributed by atoms with E-state index in [4.69, 9.17) is 0 Å². The lowest BCUT2D eigenvalue weighted by molar-refractivity contribution is -0.123. The Morgan fingerprint density at radius 1 is 0.885 bits per heavy atom. The number of benzene rings is 2. The molecule has 0 unspecified atom stereocenters. The number of rotatable bonds is 4. The van der Waals surface area contributed by atoms with Crippen molar-refractivity contribution in [2.24, 2.45) is 0 Å². The van der Waals surface area contributed by atoms with Crippen LogP contribution in [0.2, 0.25) is 0 Å². The first-order chi connectivity index (χ1) is 12.6. The summed E-state index contributed by atoms with van der Waals surface area (Å²) in [5.41, 5.74) is 6.17. The van der Waals surface area contributed by atoms with E-state index in [9.17, 15) is 14.7 Å². The van der Waals surface area contributed by atoms with Gasteiger partial charge in [-0.2, -0.15) is 0 Å². The number of amides is 2. The molecule has 2 amide bonds. The van der Waals surface area contributed by atoms with Crippen molar-refractivity contribution in [2.45, 2.75) is 0 Å². The monoisotopic (exact) mass is 354 g/mol. The molecule has 0 aliphatic carbocycles. The summed E-state index contributed by atoms with van der Waals surface area (Å²) < 4.78 is 0. The van der Waals surface area contributed by atoms with Gasteiger partial charge in [-0.25, -0.2) is 0 Å². The van der Waals surface area contributed by atoms with E-state index in [0.717, 1.165) is 18.8 Å². The molecule has 0 atom stereocenters. The lowest BCUT2D eigenvalue weighted by Crippen LogP contribution is -2.52. The highest BCUT2D eigenvalue weighted by Gasteiger charge is 2.20. The summed E-state index contributed by atoms with van der Waals surface area (Å²) in [4.78, 5) is 28.0. The highest BCUT2D eigenvalue weighted by molar-refractivity contribution is 5.95. The average molecular weight is 354 g/mol. The number of hydrogen-bond donors (Lipinski definition) is 3. The van der Waals surface area contributed by atoms with Crippen LogP contribution in [0, 0.1) is 0 Å². The molecular formula is C19H22N4O3. The van der Waals surface area contributed by atoms with E-state index in [1.807, 2.05) is 23.1 Å². The number of aromatic hydroxyl groups is 1. The number of carbonyl (C=O) groups excluding carboxylic acids is 2. The third-order valence-electron chi connectivity index (χ3n) is 4.31. The van der Waals surface area contributed by atoms with Gasteiger partial charge in [0.1, 0.15) is 5.75 Å². The van der Waals surface area contributed by atoms with Gasteiger partial charge in [-0.3, -0.25) is 25.3 Å². The minimum Gasteiger partial charge on any atom is -0.506 e. The van der Waals surface area contributed by atoms with Crippen molar-refractivity contribution in [1.29, 1.82) is 0 Å². The number of piperazine rings is 1. The molecule has 7 nitrogen and oxygen atoms in total. The van der Waals surface area contributed by atoms with E-state index in [1.54, 1.807) is 36.4 Å². The molecule has 0 spiro atoms. The number of phenols is 1. The molecule has 1 heterocycles. The zero-order chi connectivity index (χ0) is 18.4. The van der Waals surface area contributed by atoms with Gasteiger partial charge in [0.25, 0.3) is 11.8 Å². The molecule has 7 heteroatoms. The molecule has 1 aliphatic rings. The molecular weight excluding hydrogens is 332 g/mol. The van der Waals surface area contributed by atoms with Gasteiger partial charge < -0.3 is 10.0 Å². The van der Waals surface area contributed by atoms with E-state index in [-0.39, 0.29) is 24.1 Å². The summed E-state index contributed by atoms with van der Waals surface area (Å²) in [6.45, 7) is 3.06. The molecule has 0 aromatic heterocycles. The van der Waals surface area contributed by atoms with Crippen LogP contribution in [0.1, 0.15) is 10.4 Å². The standard InChI is InChI=1S/C19H22N4O3/c24-17-9-5-4-8-16(17)23-12-10-22(11-13-23)14-18(25)20-21-19(26)15-6-2-1-3-7-15/h1-9,24H,10-14H2,(H,20,25)(H,21,26). The molecule has 0 radical (unpaired) electrons. The van der Waals surface area contributed by atoms with Gasteiger partial charge in [-0.1, -0.05) is 30.3 Å². The number of nitrogens with one attached hydrogen (secondary N) is 2. The molecule has 2 aromatic carbocycles. The van der Waals surface area contributed by atoms with Crippen LogP contribution in [0.3, 0.4) is 0 Å². The van der Waals surface area contributed by atoms with Gasteiger partial charge in [0.15, 0.2) is 0 Å². The lowest BCUT2D eigenvalue weighted by atomic mass is 10.2. The van der Waals surface area contributed by atoms with Crippen LogP contribution in [0.15, 0.2) is 54.6 Å². The first-order valence-electron chi connectivity index (χ1n) is 8.53. The molecule has 1 aliphatic heterocycles. The number of nitrogens with zero attached hydrogens (tertiary/aromatic N) is 2. The Kier molecular flexibility index (Phi) is 5.70. The normalized spacial score (nSPS) is 14.7. The fourth-order valence-corrected chi connectivity index (χ4v) is 2.91. The molecule has 1 saturated heterocycles. The van der Waals surface area contributed by atoms with Crippen LogP contribution in [-0.2, 0) is 4.79 Å². The van der Waals surface area contributed by atoms with Crippen LogP contribution < -0.4 is 15.8 Å². The molecule has 3 N–H and O–H groups in total. The van der Waals surface area contributed by atoms with Gasteiger partial charge in [0, 0.05) is 31.7 Å². The lowest BCUT2D eigenvalue weighted by Gasteiger charge is -2.35. The van der Waals surface area contributed by atoms with E-state index in [0.29, 0.717) is 18.7 Å². The zero-order valence-corrected chi connectivity index (χ0v) is 14.4. The quantitative estimate of drug-likeness (QED) is 0.713. The molecule has 3 rings (SSSR count). The molecule has 1 fully saturated rings. The van der Waals surface area contributed by atoms with Crippen molar-refractivity contribution < 1.29 is 14.7 Å². The maximum atomic E-state index is 12.0. The van der Waals surface area contributed by atoms with Crippen LogP contribution in [-0.4, -0.2) is 54.5 Å². The predicted molar refractivity (Wildman–Crippen MR) is 98.8 cm³/mol. The maximum Gasteiger partial charge on any atom is 0.269 e. The largest absolute Gasteiger partial charge is 0.506 e. The highest BCUT2D eigenvalue weighted by atomic mass is 16.3. The first-order valence-corrected chi connectivity index (χ1v) is 8.53. The second kappa shape index (κ2) is 8.35. The Hall–Kier alpha value is -3.06. The van der Waals surface area contributed by atoms with Crippen LogP contribution in [0.5, 0.6) is 5.75 Å². The fourth-order valence-electron chi connectivity index (χ4n) is 2.91. The minimum atomic E-state index is -0.344. The third-order valence-corrected chi connectivity index (χ3v) is 4.31. The summed E-state index contributed by atoms with van der Waals surface area (Å²) in [6.07, 6.45) is 0. The van der Waals surface area contributed by atoms with Crippen molar-refractivity contribution in [3.63, 3.8) is 0 Å². The Morgan fingerprint density at radius 3 is 2.23 bits per heavy atom. The Labute approximate surface area is 152 Å². The summed E-state index contributed by atoms with van der Waals surface area (Å²) in [5, 5.41) is 9.93. The SMILES string of the molecule is O=C(CN1CCN(c2ccccc2O)CC1)NNC(=O)c1ccccc1. The van der Waals surface area contributed by atoms with Crippen LogP contribution >= 0.6 is 0 Å². The molecule has 2 aromatic rings. The smallest absolute Gasteiger partial charge is 0.269 e. The Balaban J connectivity index is 1.42. The van der Waals surface area contributed by atoms with Gasteiger partial charge in [-0.05, 0) is 24.3 Å². The number of anilines is 1. The number of carbonyl (C=O) groups is 2. The van der Waals surface area contributed by atoms with E-state index in [2.05, 4.69) is 15.8 Å². The van der Waals surface area contributed by atoms with Crippen molar-refractivity contribution in [3.05, 3.63) is 60.2 Å². The first kappa shape index (κ1) is 17.8. The average Bonchev–Trinajstić information content (AvgIpc) is 2.68. The summed E-state index contributed by atoms with van der Waals surface area (Å²) in [5.74, 6) is -0.337. The van der Waals surface area contributed by atoms with Crippen LogP contribution in [0.25, 0.3) is 0 Å². The van der Waals surface area contributed by atoms with Crippen molar-refractivity contribution in [2.75, 3.05) is 37.6 Å². The Bertz CT molecular complexity index is 758. The maximum absolute atomic E-state index is 12.0. The third kappa shape index (κ3) is 4.52.